The summed E-state index contributed by atoms with van der Waals surface area (Å²) in [5, 5.41) is 13.4. The molecule has 0 fully saturated rings. The molecule has 1 aromatic rings. The van der Waals surface area contributed by atoms with Gasteiger partial charge in [-0.25, -0.2) is 0 Å². The Hall–Kier alpha value is -1.33. The molecule has 1 amide bonds. The first-order chi connectivity index (χ1) is 8.86. The van der Waals surface area contributed by atoms with E-state index in [2.05, 4.69) is 5.32 Å². The molecular formula is C12H14Cl2N2O3. The highest BCUT2D eigenvalue weighted by Gasteiger charge is 2.20. The number of nitrogens with zero attached hydrogens (tertiary/aromatic N) is 1. The van der Waals surface area contributed by atoms with Crippen LogP contribution in [0.1, 0.15) is 37.0 Å². The molecule has 1 aromatic carbocycles. The van der Waals surface area contributed by atoms with E-state index < -0.39 is 10.8 Å². The fourth-order valence-corrected chi connectivity index (χ4v) is 2.04. The van der Waals surface area contributed by atoms with Crippen LogP contribution < -0.4 is 5.32 Å². The van der Waals surface area contributed by atoms with Gasteiger partial charge in [0.25, 0.3) is 11.6 Å². The molecule has 19 heavy (non-hydrogen) atoms. The molecular weight excluding hydrogens is 291 g/mol. The predicted molar refractivity (Wildman–Crippen MR) is 75.0 cm³/mol. The minimum Gasteiger partial charge on any atom is -0.350 e. The topological polar surface area (TPSA) is 72.2 Å². The third-order valence-electron chi connectivity index (χ3n) is 2.57. The third kappa shape index (κ3) is 4.08. The van der Waals surface area contributed by atoms with Crippen molar-refractivity contribution >= 4 is 34.8 Å². The zero-order chi connectivity index (χ0) is 14.6. The van der Waals surface area contributed by atoms with Crippen LogP contribution in [0.4, 0.5) is 5.69 Å². The van der Waals surface area contributed by atoms with Crippen LogP contribution in [-0.2, 0) is 0 Å². The first kappa shape index (κ1) is 15.7. The second-order valence-corrected chi connectivity index (χ2v) is 5.00. The van der Waals surface area contributed by atoms with Crippen molar-refractivity contribution < 1.29 is 9.72 Å². The van der Waals surface area contributed by atoms with Gasteiger partial charge in [0, 0.05) is 17.7 Å². The summed E-state index contributed by atoms with van der Waals surface area (Å²) in [7, 11) is 0. The molecule has 7 heteroatoms. The van der Waals surface area contributed by atoms with Gasteiger partial charge in [-0.3, -0.25) is 14.9 Å². The fraction of sp³-hybridized carbons (Fsp3) is 0.417. The van der Waals surface area contributed by atoms with Crippen molar-refractivity contribution in [1.29, 1.82) is 0 Å². The van der Waals surface area contributed by atoms with E-state index >= 15 is 0 Å². The van der Waals surface area contributed by atoms with E-state index in [0.717, 1.165) is 18.9 Å². The van der Waals surface area contributed by atoms with E-state index in [1.807, 2.05) is 13.8 Å². The van der Waals surface area contributed by atoms with Gasteiger partial charge in [-0.05, 0) is 19.4 Å². The maximum Gasteiger partial charge on any atom is 0.290 e. The SMILES string of the molecule is CCCC(C)NC(=O)c1cc(Cl)c(Cl)c([N+](=O)[O-])c1. The number of rotatable bonds is 5. The van der Waals surface area contributed by atoms with Gasteiger partial charge in [0.15, 0.2) is 0 Å². The van der Waals surface area contributed by atoms with Crippen molar-refractivity contribution in [1.82, 2.24) is 5.32 Å². The number of hydrogen-bond donors (Lipinski definition) is 1. The molecule has 0 aromatic heterocycles. The molecule has 0 saturated heterocycles. The maximum absolute atomic E-state index is 11.9. The summed E-state index contributed by atoms with van der Waals surface area (Å²) in [4.78, 5) is 22.1. The molecule has 0 aliphatic heterocycles. The highest BCUT2D eigenvalue weighted by atomic mass is 35.5. The second kappa shape index (κ2) is 6.73. The van der Waals surface area contributed by atoms with Crippen LogP contribution in [0.3, 0.4) is 0 Å². The summed E-state index contributed by atoms with van der Waals surface area (Å²) >= 11 is 11.5. The van der Waals surface area contributed by atoms with Gasteiger partial charge in [-0.15, -0.1) is 0 Å². The fourth-order valence-electron chi connectivity index (χ4n) is 1.65. The van der Waals surface area contributed by atoms with Gasteiger partial charge in [-0.1, -0.05) is 36.5 Å². The lowest BCUT2D eigenvalue weighted by molar-refractivity contribution is -0.384. The van der Waals surface area contributed by atoms with E-state index in [0.29, 0.717) is 0 Å². The van der Waals surface area contributed by atoms with Crippen molar-refractivity contribution in [2.24, 2.45) is 0 Å². The molecule has 1 atom stereocenters. The van der Waals surface area contributed by atoms with Gasteiger partial charge >= 0.3 is 0 Å². The first-order valence-corrected chi connectivity index (χ1v) is 6.56. The van der Waals surface area contributed by atoms with Crippen molar-refractivity contribution in [2.75, 3.05) is 0 Å². The molecule has 104 valence electrons. The highest BCUT2D eigenvalue weighted by molar-refractivity contribution is 6.43. The molecule has 0 spiro atoms. The Labute approximate surface area is 121 Å². The number of nitrogens with one attached hydrogen (secondary N) is 1. The van der Waals surface area contributed by atoms with Gasteiger partial charge in [0.05, 0.1) is 9.95 Å². The summed E-state index contributed by atoms with van der Waals surface area (Å²) < 4.78 is 0. The summed E-state index contributed by atoms with van der Waals surface area (Å²) in [5.41, 5.74) is -0.244. The highest BCUT2D eigenvalue weighted by Crippen LogP contribution is 2.33. The van der Waals surface area contributed by atoms with Crippen LogP contribution in [0.25, 0.3) is 0 Å². The van der Waals surface area contributed by atoms with E-state index in [4.69, 9.17) is 23.2 Å². The zero-order valence-electron chi connectivity index (χ0n) is 10.6. The monoisotopic (exact) mass is 304 g/mol. The summed E-state index contributed by atoms with van der Waals surface area (Å²) in [5.74, 6) is -0.400. The molecule has 1 N–H and O–H groups in total. The lowest BCUT2D eigenvalue weighted by Crippen LogP contribution is -2.32. The minimum atomic E-state index is -0.666. The number of hydrogen-bond acceptors (Lipinski definition) is 3. The average Bonchev–Trinajstić information content (AvgIpc) is 2.32. The third-order valence-corrected chi connectivity index (χ3v) is 3.36. The van der Waals surface area contributed by atoms with Gasteiger partial charge in [-0.2, -0.15) is 0 Å². The summed E-state index contributed by atoms with van der Waals surface area (Å²) in [6, 6.07) is 2.44. The van der Waals surface area contributed by atoms with Gasteiger partial charge in [0.2, 0.25) is 0 Å². The smallest absolute Gasteiger partial charge is 0.290 e. The lowest BCUT2D eigenvalue weighted by Gasteiger charge is -2.13. The van der Waals surface area contributed by atoms with Crippen molar-refractivity contribution in [3.8, 4) is 0 Å². The van der Waals surface area contributed by atoms with Crippen LogP contribution in [-0.4, -0.2) is 16.9 Å². The predicted octanol–water partition coefficient (Wildman–Crippen LogP) is 3.82. The Balaban J connectivity index is 3.01. The molecule has 5 nitrogen and oxygen atoms in total. The Kier molecular flexibility index (Phi) is 5.57. The number of carbonyl (C=O) groups is 1. The minimum absolute atomic E-state index is 0.00832. The molecule has 0 aliphatic rings. The number of benzene rings is 1. The molecule has 1 rings (SSSR count). The van der Waals surface area contributed by atoms with Crippen LogP contribution >= 0.6 is 23.2 Å². The molecule has 1 unspecified atom stereocenters. The lowest BCUT2D eigenvalue weighted by atomic mass is 10.1. The number of nitro groups is 1. The quantitative estimate of drug-likeness (QED) is 0.664. The van der Waals surface area contributed by atoms with Crippen molar-refractivity contribution in [2.45, 2.75) is 32.7 Å². The number of amides is 1. The normalized spacial score (nSPS) is 12.0. The molecule has 0 radical (unpaired) electrons. The first-order valence-electron chi connectivity index (χ1n) is 5.81. The van der Waals surface area contributed by atoms with E-state index in [9.17, 15) is 14.9 Å². The average molecular weight is 305 g/mol. The maximum atomic E-state index is 11.9. The van der Waals surface area contributed by atoms with Gasteiger partial charge in [0.1, 0.15) is 5.02 Å². The molecule has 0 saturated carbocycles. The van der Waals surface area contributed by atoms with Crippen LogP contribution in [0.2, 0.25) is 10.0 Å². The number of carbonyl (C=O) groups excluding carboxylic acids is 1. The molecule has 0 aliphatic carbocycles. The number of nitro benzene ring substituents is 1. The Bertz CT molecular complexity index is 506. The Morgan fingerprint density at radius 3 is 2.63 bits per heavy atom. The largest absolute Gasteiger partial charge is 0.350 e. The van der Waals surface area contributed by atoms with Crippen LogP contribution in [0.5, 0.6) is 0 Å². The summed E-state index contributed by atoms with van der Waals surface area (Å²) in [6.07, 6.45) is 1.76. The van der Waals surface area contributed by atoms with E-state index in [1.54, 1.807) is 0 Å². The van der Waals surface area contributed by atoms with E-state index in [-0.39, 0.29) is 27.3 Å². The van der Waals surface area contributed by atoms with Gasteiger partial charge < -0.3 is 5.32 Å². The zero-order valence-corrected chi connectivity index (χ0v) is 12.1. The Morgan fingerprint density at radius 2 is 2.11 bits per heavy atom. The number of halogens is 2. The Morgan fingerprint density at radius 1 is 1.47 bits per heavy atom. The van der Waals surface area contributed by atoms with Crippen molar-refractivity contribution in [3.05, 3.63) is 37.9 Å². The standard InChI is InChI=1S/C12H14Cl2N2O3/c1-3-4-7(2)15-12(17)8-5-9(13)11(14)10(6-8)16(18)19/h5-7H,3-4H2,1-2H3,(H,15,17). The van der Waals surface area contributed by atoms with E-state index in [1.165, 1.54) is 6.07 Å². The van der Waals surface area contributed by atoms with Crippen LogP contribution in [0.15, 0.2) is 12.1 Å². The van der Waals surface area contributed by atoms with Crippen LogP contribution in [0, 0.1) is 10.1 Å². The molecule has 0 bridgehead atoms. The summed E-state index contributed by atoms with van der Waals surface area (Å²) in [6.45, 7) is 3.87. The van der Waals surface area contributed by atoms with Crippen molar-refractivity contribution in [3.63, 3.8) is 0 Å². The molecule has 0 heterocycles. The second-order valence-electron chi connectivity index (χ2n) is 4.21.